The third kappa shape index (κ3) is 9.67. The molecule has 0 spiro atoms. The molecule has 4 radical (unpaired) electrons. The molecule has 0 aromatic carbocycles. The van der Waals surface area contributed by atoms with E-state index in [1.54, 1.807) is 0 Å². The van der Waals surface area contributed by atoms with Gasteiger partial charge < -0.3 is 0 Å². The average Bonchev–Trinajstić information content (AvgIpc) is 1.97. The highest BCUT2D eigenvalue weighted by molar-refractivity contribution is 5.78. The maximum absolute atomic E-state index is 11.0. The van der Waals surface area contributed by atoms with Gasteiger partial charge in [0.05, 0.1) is 0 Å². The Labute approximate surface area is 71.2 Å². The van der Waals surface area contributed by atoms with Crippen molar-refractivity contribution in [3.05, 3.63) is 7.43 Å². The minimum atomic E-state index is 0. The molecule has 0 saturated heterocycles. The van der Waals surface area contributed by atoms with Crippen molar-refractivity contribution >= 4 is 5.78 Å². The highest BCUT2D eigenvalue weighted by Gasteiger charge is 1.98. The molecule has 0 unspecified atom stereocenters. The van der Waals surface area contributed by atoms with Gasteiger partial charge in [-0.25, -0.2) is 0 Å². The highest BCUT2D eigenvalue weighted by Crippen LogP contribution is 2.02. The van der Waals surface area contributed by atoms with Crippen LogP contribution in [-0.2, 0) is 4.79 Å². The molecule has 0 amide bonds. The first kappa shape index (κ1) is 13.3. The molecule has 1 nitrogen and oxygen atoms in total. The van der Waals surface area contributed by atoms with Crippen molar-refractivity contribution in [2.24, 2.45) is 0 Å². The molecule has 0 aliphatic carbocycles. The van der Waals surface area contributed by atoms with Crippen LogP contribution < -0.4 is 0 Å². The van der Waals surface area contributed by atoms with E-state index >= 15 is 0 Å². The Bertz CT molecular complexity index is 76.9. The molecule has 0 fully saturated rings. The van der Waals surface area contributed by atoms with Crippen LogP contribution in [0.1, 0.15) is 52.4 Å². The zero-order valence-corrected chi connectivity index (χ0v) is 7.65. The van der Waals surface area contributed by atoms with E-state index in [4.69, 9.17) is 0 Å². The van der Waals surface area contributed by atoms with E-state index in [1.165, 1.54) is 0 Å². The van der Waals surface area contributed by atoms with E-state index in [9.17, 15) is 4.79 Å². The predicted molar refractivity (Wildman–Crippen MR) is 47.3 cm³/mol. The lowest BCUT2D eigenvalue weighted by Crippen LogP contribution is -1.96. The van der Waals surface area contributed by atoms with Crippen molar-refractivity contribution in [1.29, 1.82) is 0 Å². The topological polar surface area (TPSA) is 17.1 Å². The van der Waals surface area contributed by atoms with Crippen molar-refractivity contribution in [3.63, 3.8) is 0 Å². The first-order valence-corrected chi connectivity index (χ1v) is 4.33. The average molecular weight is 154 g/mol. The quantitative estimate of drug-likeness (QED) is 0.574. The number of ketones is 1. The van der Waals surface area contributed by atoms with Gasteiger partial charge in [-0.15, -0.1) is 0 Å². The van der Waals surface area contributed by atoms with Gasteiger partial charge in [-0.3, -0.25) is 4.79 Å². The normalized spacial score (nSPS) is 8.91. The summed E-state index contributed by atoms with van der Waals surface area (Å²) in [6.07, 6.45) is 6.02. The summed E-state index contributed by atoms with van der Waals surface area (Å²) in [5, 5.41) is 0. The van der Waals surface area contributed by atoms with Crippen LogP contribution in [0.4, 0.5) is 0 Å². The third-order valence-corrected chi connectivity index (χ3v) is 1.62. The number of hydrogen-bond donors (Lipinski definition) is 0. The summed E-state index contributed by atoms with van der Waals surface area (Å²) in [6, 6.07) is 0. The maximum atomic E-state index is 11.0. The molecule has 0 aliphatic rings. The SMILES string of the molecule is CCCCC(=O)CCCC.[C]. The molecule has 0 aliphatic heterocycles. The number of carbonyl (C=O) groups excluding carboxylic acids is 1. The Morgan fingerprint density at radius 2 is 1.36 bits per heavy atom. The van der Waals surface area contributed by atoms with E-state index in [1.807, 2.05) is 0 Å². The molecule has 0 N–H and O–H groups in total. The molecule has 0 heterocycles. The Balaban J connectivity index is 0. The second-order valence-corrected chi connectivity index (χ2v) is 2.75. The summed E-state index contributed by atoms with van der Waals surface area (Å²) in [4.78, 5) is 11.0. The largest absolute Gasteiger partial charge is 0.300 e. The van der Waals surface area contributed by atoms with Crippen molar-refractivity contribution in [2.75, 3.05) is 0 Å². The van der Waals surface area contributed by atoms with Gasteiger partial charge in [-0.05, 0) is 12.8 Å². The number of rotatable bonds is 6. The minimum absolute atomic E-state index is 0. The first-order chi connectivity index (χ1) is 4.81. The van der Waals surface area contributed by atoms with Gasteiger partial charge in [0.1, 0.15) is 5.78 Å². The van der Waals surface area contributed by atoms with Crippen molar-refractivity contribution in [3.8, 4) is 0 Å². The zero-order valence-electron chi connectivity index (χ0n) is 7.65. The standard InChI is InChI=1S/C9H18O.C/c1-3-5-7-9(10)8-6-4-2;/h3-8H2,1-2H3;. The molecule has 0 bridgehead atoms. The number of unbranched alkanes of at least 4 members (excludes halogenated alkanes) is 2. The van der Waals surface area contributed by atoms with Gasteiger partial charge in [0.25, 0.3) is 0 Å². The van der Waals surface area contributed by atoms with Crippen LogP contribution in [0, 0.1) is 7.43 Å². The summed E-state index contributed by atoms with van der Waals surface area (Å²) >= 11 is 0. The van der Waals surface area contributed by atoms with Gasteiger partial charge in [0, 0.05) is 20.3 Å². The van der Waals surface area contributed by atoms with Gasteiger partial charge in [0.2, 0.25) is 0 Å². The summed E-state index contributed by atoms with van der Waals surface area (Å²) in [5.41, 5.74) is 0. The van der Waals surface area contributed by atoms with Crippen LogP contribution in [0.15, 0.2) is 0 Å². The summed E-state index contributed by atoms with van der Waals surface area (Å²) in [7, 11) is 0. The van der Waals surface area contributed by atoms with Crippen LogP contribution in [0.2, 0.25) is 0 Å². The molecule has 0 aromatic heterocycles. The summed E-state index contributed by atoms with van der Waals surface area (Å²) in [6.45, 7) is 4.24. The Kier molecular flexibility index (Phi) is 11.7. The van der Waals surface area contributed by atoms with Crippen LogP contribution >= 0.6 is 0 Å². The molecule has 1 heteroatoms. The van der Waals surface area contributed by atoms with Crippen molar-refractivity contribution < 1.29 is 4.79 Å². The lowest BCUT2D eigenvalue weighted by Gasteiger charge is -1.96. The predicted octanol–water partition coefficient (Wildman–Crippen LogP) is 3.02. The Morgan fingerprint density at radius 1 is 1.00 bits per heavy atom. The van der Waals surface area contributed by atoms with Crippen LogP contribution in [0.3, 0.4) is 0 Å². The minimum Gasteiger partial charge on any atom is -0.300 e. The van der Waals surface area contributed by atoms with Gasteiger partial charge >= 0.3 is 0 Å². The lowest BCUT2D eigenvalue weighted by atomic mass is 10.1. The molecular weight excluding hydrogens is 136 g/mol. The van der Waals surface area contributed by atoms with E-state index in [2.05, 4.69) is 13.8 Å². The summed E-state index contributed by atoms with van der Waals surface area (Å²) < 4.78 is 0. The fraction of sp³-hybridized carbons (Fsp3) is 0.800. The number of hydrogen-bond acceptors (Lipinski definition) is 1. The van der Waals surface area contributed by atoms with Gasteiger partial charge in [-0.2, -0.15) is 0 Å². The fourth-order valence-corrected chi connectivity index (χ4v) is 0.873. The molecule has 0 saturated carbocycles. The van der Waals surface area contributed by atoms with Crippen molar-refractivity contribution in [2.45, 2.75) is 52.4 Å². The molecule has 0 atom stereocenters. The van der Waals surface area contributed by atoms with Crippen molar-refractivity contribution in [1.82, 2.24) is 0 Å². The molecule has 0 aromatic rings. The summed E-state index contributed by atoms with van der Waals surface area (Å²) in [5.74, 6) is 0.448. The van der Waals surface area contributed by atoms with Gasteiger partial charge in [-0.1, -0.05) is 26.7 Å². The maximum Gasteiger partial charge on any atom is 0.132 e. The molecule has 0 rings (SSSR count). The van der Waals surface area contributed by atoms with E-state index in [0.29, 0.717) is 5.78 Å². The smallest absolute Gasteiger partial charge is 0.132 e. The van der Waals surface area contributed by atoms with Crippen LogP contribution in [0.25, 0.3) is 0 Å². The van der Waals surface area contributed by atoms with Crippen LogP contribution in [-0.4, -0.2) is 5.78 Å². The molecule has 11 heavy (non-hydrogen) atoms. The fourth-order valence-electron chi connectivity index (χ4n) is 0.873. The Morgan fingerprint density at radius 3 is 1.64 bits per heavy atom. The number of carbonyl (C=O) groups is 1. The zero-order chi connectivity index (χ0) is 7.82. The Hall–Kier alpha value is -0.330. The third-order valence-electron chi connectivity index (χ3n) is 1.62. The molecule has 64 valence electrons. The second-order valence-electron chi connectivity index (χ2n) is 2.75. The monoisotopic (exact) mass is 154 g/mol. The number of Topliss-reactive ketones (excluding diaryl/α,β-unsaturated/α-hetero) is 1. The highest BCUT2D eigenvalue weighted by atomic mass is 16.1. The van der Waals surface area contributed by atoms with E-state index in [0.717, 1.165) is 38.5 Å². The van der Waals surface area contributed by atoms with Crippen LogP contribution in [0.5, 0.6) is 0 Å². The van der Waals surface area contributed by atoms with E-state index < -0.39 is 0 Å². The first-order valence-electron chi connectivity index (χ1n) is 4.33. The molecular formula is C10H18O. The van der Waals surface area contributed by atoms with Gasteiger partial charge in [0.15, 0.2) is 0 Å². The lowest BCUT2D eigenvalue weighted by molar-refractivity contribution is -0.119. The second kappa shape index (κ2) is 9.67. The van der Waals surface area contributed by atoms with E-state index in [-0.39, 0.29) is 7.43 Å².